The van der Waals surface area contributed by atoms with Crippen LogP contribution in [0.4, 0.5) is 0 Å². The van der Waals surface area contributed by atoms with Gasteiger partial charge in [0.2, 0.25) is 0 Å². The third kappa shape index (κ3) is 2.21. The van der Waals surface area contributed by atoms with E-state index in [1.165, 1.54) is 7.11 Å². The van der Waals surface area contributed by atoms with E-state index in [9.17, 15) is 15.0 Å². The first-order valence-electron chi connectivity index (χ1n) is 4.30. The summed E-state index contributed by atoms with van der Waals surface area (Å²) in [6, 6.07) is 0. The van der Waals surface area contributed by atoms with E-state index in [-0.39, 0.29) is 6.42 Å². The standard InChI is InChI=1S/C8H14O6/c1-13-8(12)6-2-4(10)7(14-6)5(11)3-9/h4-7,9-11H,2-3H2,1H3/t4-,5-,6-,7-/m1/s1. The van der Waals surface area contributed by atoms with Crippen LogP contribution in [-0.2, 0) is 14.3 Å². The molecule has 1 rings (SSSR count). The zero-order valence-corrected chi connectivity index (χ0v) is 7.79. The smallest absolute Gasteiger partial charge is 0.335 e. The minimum atomic E-state index is -1.18. The van der Waals surface area contributed by atoms with Gasteiger partial charge in [0.15, 0.2) is 6.10 Å². The second kappa shape index (κ2) is 4.70. The largest absolute Gasteiger partial charge is 0.467 e. The van der Waals surface area contributed by atoms with Crippen molar-refractivity contribution in [3.8, 4) is 0 Å². The number of esters is 1. The van der Waals surface area contributed by atoms with Gasteiger partial charge in [-0.1, -0.05) is 0 Å². The summed E-state index contributed by atoms with van der Waals surface area (Å²) < 4.78 is 9.47. The van der Waals surface area contributed by atoms with Gasteiger partial charge in [0.25, 0.3) is 0 Å². The summed E-state index contributed by atoms with van der Waals surface area (Å²) in [6.45, 7) is -0.518. The highest BCUT2D eigenvalue weighted by atomic mass is 16.6. The van der Waals surface area contributed by atoms with Gasteiger partial charge in [-0.3, -0.25) is 0 Å². The summed E-state index contributed by atoms with van der Waals surface area (Å²) in [5.41, 5.74) is 0. The molecule has 1 aliphatic heterocycles. The average molecular weight is 206 g/mol. The van der Waals surface area contributed by atoms with Crippen LogP contribution >= 0.6 is 0 Å². The number of hydrogen-bond acceptors (Lipinski definition) is 6. The van der Waals surface area contributed by atoms with Gasteiger partial charge in [-0.2, -0.15) is 0 Å². The molecule has 0 unspecified atom stereocenters. The molecule has 1 saturated heterocycles. The van der Waals surface area contributed by atoms with Crippen molar-refractivity contribution < 1.29 is 29.6 Å². The lowest BCUT2D eigenvalue weighted by molar-refractivity contribution is -0.157. The van der Waals surface area contributed by atoms with Crippen molar-refractivity contribution >= 4 is 5.97 Å². The number of rotatable bonds is 3. The van der Waals surface area contributed by atoms with Gasteiger partial charge in [0.05, 0.1) is 19.8 Å². The molecular weight excluding hydrogens is 192 g/mol. The van der Waals surface area contributed by atoms with Crippen LogP contribution in [0.2, 0.25) is 0 Å². The molecule has 0 spiro atoms. The van der Waals surface area contributed by atoms with E-state index < -0.39 is 37.0 Å². The van der Waals surface area contributed by atoms with Crippen molar-refractivity contribution in [2.75, 3.05) is 13.7 Å². The normalized spacial score (nSPS) is 34.1. The topological polar surface area (TPSA) is 96.2 Å². The fraction of sp³-hybridized carbons (Fsp3) is 0.875. The average Bonchev–Trinajstić information content (AvgIpc) is 2.58. The Balaban J connectivity index is 2.55. The molecule has 0 aliphatic carbocycles. The fourth-order valence-electron chi connectivity index (χ4n) is 1.42. The van der Waals surface area contributed by atoms with Crippen LogP contribution in [0.3, 0.4) is 0 Å². The maximum atomic E-state index is 11.0. The van der Waals surface area contributed by atoms with Crippen molar-refractivity contribution in [1.29, 1.82) is 0 Å². The minimum Gasteiger partial charge on any atom is -0.467 e. The van der Waals surface area contributed by atoms with Gasteiger partial charge in [-0.25, -0.2) is 4.79 Å². The highest BCUT2D eigenvalue weighted by Gasteiger charge is 2.41. The quantitative estimate of drug-likeness (QED) is 0.464. The Bertz CT molecular complexity index is 206. The Morgan fingerprint density at radius 2 is 2.36 bits per heavy atom. The molecule has 0 aromatic rings. The summed E-state index contributed by atoms with van der Waals surface area (Å²) >= 11 is 0. The highest BCUT2D eigenvalue weighted by molar-refractivity contribution is 5.74. The van der Waals surface area contributed by atoms with Crippen LogP contribution < -0.4 is 0 Å². The Hall–Kier alpha value is -0.690. The number of ether oxygens (including phenoxy) is 2. The zero-order chi connectivity index (χ0) is 10.7. The number of methoxy groups -OCH3 is 1. The summed E-state index contributed by atoms with van der Waals surface area (Å²) in [7, 11) is 1.22. The molecule has 6 heteroatoms. The first kappa shape index (κ1) is 11.4. The molecule has 3 N–H and O–H groups in total. The lowest BCUT2D eigenvalue weighted by atomic mass is 10.1. The Morgan fingerprint density at radius 1 is 1.71 bits per heavy atom. The second-order valence-electron chi connectivity index (χ2n) is 3.17. The SMILES string of the molecule is COC(=O)[C@H]1C[C@@H](O)[C@H]([C@H](O)CO)O1. The van der Waals surface area contributed by atoms with E-state index in [0.717, 1.165) is 0 Å². The van der Waals surface area contributed by atoms with Crippen molar-refractivity contribution in [2.24, 2.45) is 0 Å². The number of aliphatic hydroxyl groups excluding tert-OH is 3. The lowest BCUT2D eigenvalue weighted by Gasteiger charge is -2.18. The first-order chi connectivity index (χ1) is 6.60. The second-order valence-corrected chi connectivity index (χ2v) is 3.17. The Labute approximate surface area is 81.1 Å². The molecule has 1 fully saturated rings. The molecule has 1 aliphatic rings. The minimum absolute atomic E-state index is 0.0778. The van der Waals surface area contributed by atoms with Crippen LogP contribution in [-0.4, -0.2) is 59.4 Å². The fourth-order valence-corrected chi connectivity index (χ4v) is 1.42. The Morgan fingerprint density at radius 3 is 2.86 bits per heavy atom. The maximum absolute atomic E-state index is 11.0. The molecule has 0 amide bonds. The number of carbonyl (C=O) groups excluding carboxylic acids is 1. The number of aliphatic hydroxyl groups is 3. The maximum Gasteiger partial charge on any atom is 0.335 e. The molecule has 82 valence electrons. The van der Waals surface area contributed by atoms with Gasteiger partial charge in [-0.05, 0) is 0 Å². The van der Waals surface area contributed by atoms with Gasteiger partial charge in [-0.15, -0.1) is 0 Å². The third-order valence-corrected chi connectivity index (χ3v) is 2.19. The van der Waals surface area contributed by atoms with Gasteiger partial charge >= 0.3 is 5.97 Å². The molecule has 0 aromatic carbocycles. The third-order valence-electron chi connectivity index (χ3n) is 2.19. The van der Waals surface area contributed by atoms with Crippen molar-refractivity contribution in [3.05, 3.63) is 0 Å². The van der Waals surface area contributed by atoms with E-state index in [4.69, 9.17) is 9.84 Å². The van der Waals surface area contributed by atoms with Crippen molar-refractivity contribution in [2.45, 2.75) is 30.8 Å². The monoisotopic (exact) mass is 206 g/mol. The van der Waals surface area contributed by atoms with Crippen molar-refractivity contribution in [1.82, 2.24) is 0 Å². The van der Waals surface area contributed by atoms with Crippen LogP contribution in [0.1, 0.15) is 6.42 Å². The van der Waals surface area contributed by atoms with E-state index in [1.807, 2.05) is 0 Å². The zero-order valence-electron chi connectivity index (χ0n) is 7.79. The summed E-state index contributed by atoms with van der Waals surface area (Å²) in [4.78, 5) is 11.0. The van der Waals surface area contributed by atoms with E-state index >= 15 is 0 Å². The number of carbonyl (C=O) groups is 1. The van der Waals surface area contributed by atoms with E-state index in [1.54, 1.807) is 0 Å². The summed E-state index contributed by atoms with van der Waals surface area (Å²) in [5.74, 6) is -0.586. The number of hydrogen-bond donors (Lipinski definition) is 3. The van der Waals surface area contributed by atoms with Crippen LogP contribution in [0.25, 0.3) is 0 Å². The highest BCUT2D eigenvalue weighted by Crippen LogP contribution is 2.23. The molecule has 0 saturated carbocycles. The van der Waals surface area contributed by atoms with Crippen LogP contribution in [0.5, 0.6) is 0 Å². The molecule has 0 bridgehead atoms. The lowest BCUT2D eigenvalue weighted by Crippen LogP contribution is -2.37. The Kier molecular flexibility index (Phi) is 3.82. The predicted molar refractivity (Wildman–Crippen MR) is 44.4 cm³/mol. The summed E-state index contributed by atoms with van der Waals surface area (Å²) in [5, 5.41) is 27.3. The predicted octanol–water partition coefficient (Wildman–Crippen LogP) is -1.97. The first-order valence-corrected chi connectivity index (χ1v) is 4.30. The molecule has 6 nitrogen and oxygen atoms in total. The van der Waals surface area contributed by atoms with E-state index in [0.29, 0.717) is 0 Å². The van der Waals surface area contributed by atoms with Crippen LogP contribution in [0.15, 0.2) is 0 Å². The van der Waals surface area contributed by atoms with Gasteiger partial charge < -0.3 is 24.8 Å². The molecule has 4 atom stereocenters. The molecular formula is C8H14O6. The van der Waals surface area contributed by atoms with E-state index in [2.05, 4.69) is 4.74 Å². The molecule has 0 aromatic heterocycles. The van der Waals surface area contributed by atoms with Crippen LogP contribution in [0, 0.1) is 0 Å². The molecule has 0 radical (unpaired) electrons. The van der Waals surface area contributed by atoms with Gasteiger partial charge in [0, 0.05) is 6.42 Å². The molecule has 14 heavy (non-hydrogen) atoms. The van der Waals surface area contributed by atoms with Gasteiger partial charge in [0.1, 0.15) is 12.2 Å². The van der Waals surface area contributed by atoms with Crippen molar-refractivity contribution in [3.63, 3.8) is 0 Å². The summed E-state index contributed by atoms with van der Waals surface area (Å²) in [6.07, 6.45) is -3.85. The molecule has 1 heterocycles.